The van der Waals surface area contributed by atoms with E-state index < -0.39 is 11.9 Å². The molecular weight excluding hydrogens is 550 g/mol. The highest BCUT2D eigenvalue weighted by molar-refractivity contribution is 5.71. The summed E-state index contributed by atoms with van der Waals surface area (Å²) in [6.07, 6.45) is 9.27. The predicted octanol–water partition coefficient (Wildman–Crippen LogP) is 8.80. The van der Waals surface area contributed by atoms with Crippen molar-refractivity contribution in [3.63, 3.8) is 0 Å². The summed E-state index contributed by atoms with van der Waals surface area (Å²) < 4.78 is 6.15. The largest absolute Gasteiger partial charge is 0.481 e. The van der Waals surface area contributed by atoms with Crippen LogP contribution in [0.15, 0.2) is 91.0 Å². The molecule has 0 aliphatic carbocycles. The summed E-state index contributed by atoms with van der Waals surface area (Å²) in [7, 11) is 0. The van der Waals surface area contributed by atoms with Crippen molar-refractivity contribution >= 4 is 11.9 Å². The first kappa shape index (κ1) is 32.5. The van der Waals surface area contributed by atoms with Crippen LogP contribution in [0, 0.1) is 0 Å². The second-order valence-electron chi connectivity index (χ2n) is 11.3. The van der Waals surface area contributed by atoms with E-state index in [0.29, 0.717) is 25.3 Å². The maximum Gasteiger partial charge on any atom is 0.303 e. The molecular formula is C38H43NO5. The Hall–Kier alpha value is -4.45. The van der Waals surface area contributed by atoms with Gasteiger partial charge in [0.2, 0.25) is 5.88 Å². The first-order chi connectivity index (χ1) is 21.5. The number of benzene rings is 3. The molecule has 6 heteroatoms. The standard InChI is InChI=1S/C38H43NO5/c40-37(41)20-12-3-6-14-29-21-22-31(33(26-29)23-24-38(42)43)17-7-1-2-13-25-44-36-28-34(30-15-8-4-9-16-30)27-35(39-36)32-18-10-5-11-19-32/h4-5,8-11,15-16,18-19,21-22,26-28H,1-3,6-7,12-14,17,20,23-25H2,(H,40,41)(H,42,43). The fraction of sp³-hybridized carbons (Fsp3) is 0.342. The van der Waals surface area contributed by atoms with E-state index in [1.54, 1.807) is 0 Å². The van der Waals surface area contributed by atoms with Crippen molar-refractivity contribution in [3.05, 3.63) is 108 Å². The fourth-order valence-electron chi connectivity index (χ4n) is 5.42. The number of carboxylic acid groups (broad SMARTS) is 2. The summed E-state index contributed by atoms with van der Waals surface area (Å²) in [5.41, 5.74) is 7.71. The van der Waals surface area contributed by atoms with Crippen LogP contribution >= 0.6 is 0 Å². The van der Waals surface area contributed by atoms with Gasteiger partial charge in [-0.05, 0) is 78.8 Å². The topological polar surface area (TPSA) is 96.7 Å². The van der Waals surface area contributed by atoms with Crippen LogP contribution in [0.2, 0.25) is 0 Å². The fourth-order valence-corrected chi connectivity index (χ4v) is 5.42. The van der Waals surface area contributed by atoms with Crippen LogP contribution < -0.4 is 4.74 Å². The number of unbranched alkanes of at least 4 members (excludes halogenated alkanes) is 5. The van der Waals surface area contributed by atoms with Crippen molar-refractivity contribution in [1.29, 1.82) is 0 Å². The number of rotatable bonds is 19. The summed E-state index contributed by atoms with van der Waals surface area (Å²) in [6, 6.07) is 31.0. The Bertz CT molecular complexity index is 1410. The molecule has 1 heterocycles. The zero-order valence-electron chi connectivity index (χ0n) is 25.4. The first-order valence-electron chi connectivity index (χ1n) is 15.8. The van der Waals surface area contributed by atoms with Crippen molar-refractivity contribution in [2.75, 3.05) is 6.61 Å². The Morgan fingerprint density at radius 1 is 0.568 bits per heavy atom. The molecule has 6 nitrogen and oxygen atoms in total. The molecule has 0 unspecified atom stereocenters. The zero-order chi connectivity index (χ0) is 31.0. The van der Waals surface area contributed by atoms with E-state index in [1.807, 2.05) is 42.5 Å². The number of carbonyl (C=O) groups is 2. The summed E-state index contributed by atoms with van der Waals surface area (Å²) in [4.78, 5) is 26.8. The molecule has 230 valence electrons. The maximum atomic E-state index is 11.2. The molecule has 0 radical (unpaired) electrons. The minimum absolute atomic E-state index is 0.123. The van der Waals surface area contributed by atoms with Gasteiger partial charge in [0.25, 0.3) is 0 Å². The van der Waals surface area contributed by atoms with Crippen molar-refractivity contribution < 1.29 is 24.5 Å². The van der Waals surface area contributed by atoms with Crippen LogP contribution in [0.3, 0.4) is 0 Å². The normalized spacial score (nSPS) is 10.9. The molecule has 0 spiro atoms. The van der Waals surface area contributed by atoms with Gasteiger partial charge in [0.15, 0.2) is 0 Å². The van der Waals surface area contributed by atoms with Crippen molar-refractivity contribution in [3.8, 4) is 28.3 Å². The number of pyridine rings is 1. The minimum atomic E-state index is -0.783. The lowest BCUT2D eigenvalue weighted by Gasteiger charge is -2.12. The summed E-state index contributed by atoms with van der Waals surface area (Å²) >= 11 is 0. The lowest BCUT2D eigenvalue weighted by Crippen LogP contribution is -2.03. The number of aliphatic carboxylic acids is 2. The molecule has 0 aliphatic rings. The quantitative estimate of drug-likeness (QED) is 0.105. The number of hydrogen-bond acceptors (Lipinski definition) is 4. The lowest BCUT2D eigenvalue weighted by atomic mass is 9.94. The molecule has 3 aromatic carbocycles. The van der Waals surface area contributed by atoms with E-state index >= 15 is 0 Å². The van der Waals surface area contributed by atoms with Gasteiger partial charge >= 0.3 is 11.9 Å². The van der Waals surface area contributed by atoms with Gasteiger partial charge in [-0.3, -0.25) is 9.59 Å². The van der Waals surface area contributed by atoms with Crippen molar-refractivity contribution in [2.24, 2.45) is 0 Å². The predicted molar refractivity (Wildman–Crippen MR) is 175 cm³/mol. The SMILES string of the molecule is O=C(O)CCCCCc1ccc(CCCCCCOc2cc(-c3ccccc3)cc(-c3ccccc3)n2)c(CCC(=O)O)c1. The molecule has 0 bridgehead atoms. The minimum Gasteiger partial charge on any atom is -0.481 e. The van der Waals surface area contributed by atoms with Crippen LogP contribution in [0.4, 0.5) is 0 Å². The number of aromatic nitrogens is 1. The third-order valence-electron chi connectivity index (χ3n) is 7.80. The maximum absolute atomic E-state index is 11.2. The average molecular weight is 594 g/mol. The summed E-state index contributed by atoms with van der Waals surface area (Å²) in [5.74, 6) is -0.897. The zero-order valence-corrected chi connectivity index (χ0v) is 25.4. The number of aryl methyl sites for hydroxylation is 3. The van der Waals surface area contributed by atoms with E-state index in [0.717, 1.165) is 79.3 Å². The van der Waals surface area contributed by atoms with Gasteiger partial charge in [-0.25, -0.2) is 4.98 Å². The molecule has 4 aromatic rings. The second-order valence-corrected chi connectivity index (χ2v) is 11.3. The van der Waals surface area contributed by atoms with Gasteiger partial charge in [0.1, 0.15) is 0 Å². The third-order valence-corrected chi connectivity index (χ3v) is 7.80. The molecule has 0 atom stereocenters. The van der Waals surface area contributed by atoms with Gasteiger partial charge in [0, 0.05) is 24.5 Å². The Morgan fingerprint density at radius 3 is 1.95 bits per heavy atom. The molecule has 1 aromatic heterocycles. The van der Waals surface area contributed by atoms with Gasteiger partial charge in [-0.2, -0.15) is 0 Å². The highest BCUT2D eigenvalue weighted by atomic mass is 16.5. The summed E-state index contributed by atoms with van der Waals surface area (Å²) in [6.45, 7) is 0.602. The average Bonchev–Trinajstić information content (AvgIpc) is 3.04. The number of carboxylic acids is 2. The first-order valence-corrected chi connectivity index (χ1v) is 15.8. The van der Waals surface area contributed by atoms with Crippen molar-refractivity contribution in [1.82, 2.24) is 4.98 Å². The van der Waals surface area contributed by atoms with E-state index in [4.69, 9.17) is 14.8 Å². The Labute approximate surface area is 260 Å². The van der Waals surface area contributed by atoms with Gasteiger partial charge in [-0.1, -0.05) is 98.1 Å². The smallest absolute Gasteiger partial charge is 0.303 e. The number of hydrogen-bond donors (Lipinski definition) is 2. The Balaban J connectivity index is 1.26. The molecule has 44 heavy (non-hydrogen) atoms. The van der Waals surface area contributed by atoms with Crippen LogP contribution in [-0.4, -0.2) is 33.7 Å². The molecule has 0 fully saturated rings. The summed E-state index contributed by atoms with van der Waals surface area (Å²) in [5, 5.41) is 18.1. The van der Waals surface area contributed by atoms with E-state index in [9.17, 15) is 14.7 Å². The van der Waals surface area contributed by atoms with E-state index in [2.05, 4.69) is 48.5 Å². The van der Waals surface area contributed by atoms with Gasteiger partial charge in [0.05, 0.1) is 12.3 Å². The molecule has 0 saturated heterocycles. The van der Waals surface area contributed by atoms with Crippen LogP contribution in [0.5, 0.6) is 5.88 Å². The monoisotopic (exact) mass is 593 g/mol. The number of nitrogens with zero attached hydrogens (tertiary/aromatic N) is 1. The van der Waals surface area contributed by atoms with Gasteiger partial charge < -0.3 is 14.9 Å². The molecule has 0 saturated carbocycles. The number of ether oxygens (including phenoxy) is 1. The third kappa shape index (κ3) is 11.0. The lowest BCUT2D eigenvalue weighted by molar-refractivity contribution is -0.138. The van der Waals surface area contributed by atoms with Crippen molar-refractivity contribution in [2.45, 2.75) is 77.0 Å². The molecule has 4 rings (SSSR count). The highest BCUT2D eigenvalue weighted by Crippen LogP contribution is 2.29. The van der Waals surface area contributed by atoms with Crippen LogP contribution in [0.25, 0.3) is 22.4 Å². The highest BCUT2D eigenvalue weighted by Gasteiger charge is 2.10. The van der Waals surface area contributed by atoms with E-state index in [1.165, 1.54) is 11.1 Å². The van der Waals surface area contributed by atoms with E-state index in [-0.39, 0.29) is 12.8 Å². The van der Waals surface area contributed by atoms with Gasteiger partial charge in [-0.15, -0.1) is 0 Å². The Morgan fingerprint density at radius 2 is 1.23 bits per heavy atom. The van der Waals surface area contributed by atoms with Crippen LogP contribution in [0.1, 0.15) is 74.5 Å². The molecule has 0 aliphatic heterocycles. The molecule has 0 amide bonds. The van der Waals surface area contributed by atoms with Crippen LogP contribution in [-0.2, 0) is 28.9 Å². The molecule has 2 N–H and O–H groups in total. The Kier molecular flexibility index (Phi) is 13.0. The second kappa shape index (κ2) is 17.6.